The molecule has 3 rings (SSSR count). The van der Waals surface area contributed by atoms with E-state index in [1.165, 1.54) is 93.0 Å². The quantitative estimate of drug-likeness (QED) is 0.412. The van der Waals surface area contributed by atoms with Crippen LogP contribution in [0.25, 0.3) is 11.1 Å². The highest BCUT2D eigenvalue weighted by atomic mass is 14.7. The van der Waals surface area contributed by atoms with Crippen molar-refractivity contribution in [3.8, 4) is 11.1 Å². The third-order valence-electron chi connectivity index (χ3n) is 6.37. The highest BCUT2D eigenvalue weighted by molar-refractivity contribution is 5.62. The van der Waals surface area contributed by atoms with Crippen molar-refractivity contribution in [2.24, 2.45) is 5.92 Å². The van der Waals surface area contributed by atoms with Gasteiger partial charge < -0.3 is 0 Å². The summed E-state index contributed by atoms with van der Waals surface area (Å²) in [6.45, 7) is 4.55. The van der Waals surface area contributed by atoms with E-state index in [9.17, 15) is 0 Å². The third-order valence-corrected chi connectivity index (χ3v) is 6.37. The molecule has 1 aliphatic rings. The van der Waals surface area contributed by atoms with Crippen molar-refractivity contribution >= 4 is 0 Å². The number of pyridine rings is 1. The SMILES string of the molecule is CCCCCC1CCC(c2ccc(-c3ccc(CCCC)cc3)cn2)CC1. The lowest BCUT2D eigenvalue weighted by molar-refractivity contribution is 0.300. The summed E-state index contributed by atoms with van der Waals surface area (Å²) in [6, 6.07) is 13.6. The summed E-state index contributed by atoms with van der Waals surface area (Å²) in [5.41, 5.74) is 5.29. The molecule has 1 aromatic heterocycles. The van der Waals surface area contributed by atoms with E-state index in [2.05, 4.69) is 56.4 Å². The van der Waals surface area contributed by atoms with Crippen molar-refractivity contribution < 1.29 is 0 Å². The minimum absolute atomic E-state index is 0.679. The van der Waals surface area contributed by atoms with Crippen LogP contribution >= 0.6 is 0 Å². The smallest absolute Gasteiger partial charge is 0.0434 e. The molecular weight excluding hydrogens is 326 g/mol. The van der Waals surface area contributed by atoms with E-state index in [-0.39, 0.29) is 0 Å². The Kier molecular flexibility index (Phi) is 7.93. The second-order valence-corrected chi connectivity index (χ2v) is 8.49. The first-order valence-corrected chi connectivity index (χ1v) is 11.4. The molecule has 1 aromatic carbocycles. The van der Waals surface area contributed by atoms with E-state index in [0.717, 1.165) is 5.92 Å². The zero-order valence-electron chi connectivity index (χ0n) is 17.4. The van der Waals surface area contributed by atoms with Crippen LogP contribution in [-0.4, -0.2) is 4.98 Å². The van der Waals surface area contributed by atoms with E-state index in [1.54, 1.807) is 0 Å². The van der Waals surface area contributed by atoms with Crippen LogP contribution in [0.5, 0.6) is 0 Å². The van der Waals surface area contributed by atoms with Crippen LogP contribution in [0.1, 0.15) is 95.2 Å². The van der Waals surface area contributed by atoms with Crippen molar-refractivity contribution in [1.29, 1.82) is 0 Å². The van der Waals surface area contributed by atoms with E-state index in [1.807, 2.05) is 0 Å². The topological polar surface area (TPSA) is 12.9 Å². The van der Waals surface area contributed by atoms with Crippen molar-refractivity contribution in [1.82, 2.24) is 4.98 Å². The number of hydrogen-bond donors (Lipinski definition) is 0. The van der Waals surface area contributed by atoms with Gasteiger partial charge in [0.15, 0.2) is 0 Å². The lowest BCUT2D eigenvalue weighted by atomic mass is 9.78. The van der Waals surface area contributed by atoms with Gasteiger partial charge in [-0.05, 0) is 61.6 Å². The summed E-state index contributed by atoms with van der Waals surface area (Å²) in [6.07, 6.45) is 16.9. The first-order valence-electron chi connectivity index (χ1n) is 11.4. The maximum Gasteiger partial charge on any atom is 0.0434 e. The molecule has 0 unspecified atom stereocenters. The highest BCUT2D eigenvalue weighted by Crippen LogP contribution is 2.37. The number of benzene rings is 1. The molecule has 0 atom stereocenters. The van der Waals surface area contributed by atoms with Gasteiger partial charge in [-0.3, -0.25) is 4.98 Å². The molecule has 1 heteroatoms. The lowest BCUT2D eigenvalue weighted by Crippen LogP contribution is -2.14. The standard InChI is InChI=1S/C26H37N/c1-3-5-7-9-22-12-16-24(17-13-22)26-19-18-25(20-27-26)23-14-10-21(11-15-23)8-6-4-2/h10-11,14-15,18-20,22,24H,3-9,12-13,16-17H2,1-2H3. The molecule has 0 radical (unpaired) electrons. The van der Waals surface area contributed by atoms with Gasteiger partial charge in [-0.25, -0.2) is 0 Å². The average Bonchev–Trinajstić information content (AvgIpc) is 2.73. The van der Waals surface area contributed by atoms with Crippen molar-refractivity contribution in [2.45, 2.75) is 90.4 Å². The van der Waals surface area contributed by atoms with Gasteiger partial charge in [0.2, 0.25) is 0 Å². The maximum absolute atomic E-state index is 4.85. The molecule has 0 aliphatic heterocycles. The van der Waals surface area contributed by atoms with Gasteiger partial charge in [-0.1, -0.05) is 76.3 Å². The van der Waals surface area contributed by atoms with Gasteiger partial charge in [-0.2, -0.15) is 0 Å². The average molecular weight is 364 g/mol. The van der Waals surface area contributed by atoms with E-state index in [0.29, 0.717) is 5.92 Å². The third kappa shape index (κ3) is 5.92. The minimum Gasteiger partial charge on any atom is -0.260 e. The Balaban J connectivity index is 1.53. The fourth-order valence-corrected chi connectivity index (χ4v) is 4.49. The number of rotatable bonds is 9. The number of aryl methyl sites for hydroxylation is 1. The summed E-state index contributed by atoms with van der Waals surface area (Å²) in [5, 5.41) is 0. The summed E-state index contributed by atoms with van der Waals surface area (Å²) >= 11 is 0. The molecule has 1 aliphatic carbocycles. The van der Waals surface area contributed by atoms with Crippen LogP contribution in [0.3, 0.4) is 0 Å². The molecule has 146 valence electrons. The van der Waals surface area contributed by atoms with Crippen LogP contribution in [0, 0.1) is 5.92 Å². The second kappa shape index (κ2) is 10.6. The van der Waals surface area contributed by atoms with Crippen LogP contribution in [-0.2, 0) is 6.42 Å². The van der Waals surface area contributed by atoms with E-state index < -0.39 is 0 Å². The van der Waals surface area contributed by atoms with Crippen molar-refractivity contribution in [3.63, 3.8) is 0 Å². The Labute approximate surface area is 166 Å². The van der Waals surface area contributed by atoms with E-state index in [4.69, 9.17) is 4.98 Å². The molecule has 1 heterocycles. The molecule has 0 saturated heterocycles. The Morgan fingerprint density at radius 1 is 0.778 bits per heavy atom. The van der Waals surface area contributed by atoms with Gasteiger partial charge in [0.25, 0.3) is 0 Å². The largest absolute Gasteiger partial charge is 0.260 e. The highest BCUT2D eigenvalue weighted by Gasteiger charge is 2.22. The zero-order chi connectivity index (χ0) is 18.9. The first kappa shape index (κ1) is 20.1. The van der Waals surface area contributed by atoms with Gasteiger partial charge in [-0.15, -0.1) is 0 Å². The number of nitrogens with zero attached hydrogens (tertiary/aromatic N) is 1. The van der Waals surface area contributed by atoms with Gasteiger partial charge in [0.05, 0.1) is 0 Å². The van der Waals surface area contributed by atoms with Crippen molar-refractivity contribution in [3.05, 3.63) is 53.9 Å². The van der Waals surface area contributed by atoms with E-state index >= 15 is 0 Å². The number of hydrogen-bond acceptors (Lipinski definition) is 1. The Morgan fingerprint density at radius 3 is 2.11 bits per heavy atom. The number of unbranched alkanes of at least 4 members (excludes halogenated alkanes) is 3. The molecule has 0 spiro atoms. The zero-order valence-corrected chi connectivity index (χ0v) is 17.4. The first-order chi connectivity index (χ1) is 13.3. The molecule has 1 fully saturated rings. The van der Waals surface area contributed by atoms with Crippen LogP contribution in [0.4, 0.5) is 0 Å². The maximum atomic E-state index is 4.85. The fourth-order valence-electron chi connectivity index (χ4n) is 4.49. The van der Waals surface area contributed by atoms with Crippen molar-refractivity contribution in [2.75, 3.05) is 0 Å². The van der Waals surface area contributed by atoms with Crippen LogP contribution in [0.2, 0.25) is 0 Å². The van der Waals surface area contributed by atoms with Crippen LogP contribution in [0.15, 0.2) is 42.6 Å². The molecular formula is C26H37N. The number of aromatic nitrogens is 1. The summed E-state index contributed by atoms with van der Waals surface area (Å²) in [5.74, 6) is 1.65. The molecule has 0 bridgehead atoms. The monoisotopic (exact) mass is 363 g/mol. The van der Waals surface area contributed by atoms with Crippen LogP contribution < -0.4 is 0 Å². The molecule has 0 N–H and O–H groups in total. The molecule has 2 aromatic rings. The predicted octanol–water partition coefficient (Wildman–Crippen LogP) is 7.95. The molecule has 0 amide bonds. The normalized spacial score (nSPS) is 19.9. The van der Waals surface area contributed by atoms with Gasteiger partial charge in [0, 0.05) is 23.4 Å². The summed E-state index contributed by atoms with van der Waals surface area (Å²) in [7, 11) is 0. The van der Waals surface area contributed by atoms with Gasteiger partial charge >= 0.3 is 0 Å². The molecule has 1 saturated carbocycles. The lowest BCUT2D eigenvalue weighted by Gasteiger charge is -2.28. The fraction of sp³-hybridized carbons (Fsp3) is 0.577. The van der Waals surface area contributed by atoms with Gasteiger partial charge in [0.1, 0.15) is 0 Å². The Morgan fingerprint density at radius 2 is 1.48 bits per heavy atom. The summed E-state index contributed by atoms with van der Waals surface area (Å²) in [4.78, 5) is 4.85. The Hall–Kier alpha value is -1.63. The Bertz CT molecular complexity index is 648. The molecule has 27 heavy (non-hydrogen) atoms. The minimum atomic E-state index is 0.679. The predicted molar refractivity (Wildman–Crippen MR) is 117 cm³/mol. The molecule has 1 nitrogen and oxygen atoms in total. The second-order valence-electron chi connectivity index (χ2n) is 8.49. The summed E-state index contributed by atoms with van der Waals surface area (Å²) < 4.78 is 0.